The monoisotopic (exact) mass is 217 g/mol. The zero-order valence-electron chi connectivity index (χ0n) is 9.61. The molecular weight excluding hydrogens is 198 g/mol. The molecule has 0 unspecified atom stereocenters. The van der Waals surface area contributed by atoms with Gasteiger partial charge in [-0.25, -0.2) is 0 Å². The van der Waals surface area contributed by atoms with Crippen LogP contribution in [-0.4, -0.2) is 12.1 Å². The Morgan fingerprint density at radius 3 is 2.81 bits per heavy atom. The van der Waals surface area contributed by atoms with Gasteiger partial charge >= 0.3 is 0 Å². The van der Waals surface area contributed by atoms with Gasteiger partial charge in [0.1, 0.15) is 5.75 Å². The summed E-state index contributed by atoms with van der Waals surface area (Å²) < 4.78 is 5.76. The normalized spacial score (nSPS) is 21.8. The van der Waals surface area contributed by atoms with Crippen molar-refractivity contribution in [3.05, 3.63) is 29.8 Å². The average molecular weight is 217 g/mol. The molecule has 0 atom stereocenters. The lowest BCUT2D eigenvalue weighted by atomic mass is 10.1. The van der Waals surface area contributed by atoms with Crippen molar-refractivity contribution in [2.75, 3.05) is 6.61 Å². The van der Waals surface area contributed by atoms with Crippen LogP contribution in [0.3, 0.4) is 0 Å². The van der Waals surface area contributed by atoms with Crippen molar-refractivity contribution < 1.29 is 4.74 Å². The molecule has 3 rings (SSSR count). The molecular formula is C14H19NO. The largest absolute Gasteiger partial charge is 0.493 e. The van der Waals surface area contributed by atoms with E-state index in [4.69, 9.17) is 10.5 Å². The standard InChI is InChI=1S/C14H19NO/c15-14(6-7-14)9-12-2-1-3-13(8-12)16-10-11-4-5-11/h1-3,8,11H,4-7,9-10,15H2. The van der Waals surface area contributed by atoms with E-state index in [0.717, 1.165) is 24.7 Å². The van der Waals surface area contributed by atoms with E-state index in [1.165, 1.54) is 31.2 Å². The fraction of sp³-hybridized carbons (Fsp3) is 0.571. The molecule has 2 aliphatic carbocycles. The minimum Gasteiger partial charge on any atom is -0.493 e. The number of benzene rings is 1. The van der Waals surface area contributed by atoms with Crippen molar-refractivity contribution in [1.29, 1.82) is 0 Å². The van der Waals surface area contributed by atoms with Crippen LogP contribution < -0.4 is 10.5 Å². The summed E-state index contributed by atoms with van der Waals surface area (Å²) in [7, 11) is 0. The Morgan fingerprint density at radius 1 is 1.31 bits per heavy atom. The minimum atomic E-state index is 0.0924. The zero-order chi connectivity index (χ0) is 11.0. The first-order valence-electron chi connectivity index (χ1n) is 6.24. The summed E-state index contributed by atoms with van der Waals surface area (Å²) in [5.41, 5.74) is 7.53. The van der Waals surface area contributed by atoms with Crippen LogP contribution in [0.25, 0.3) is 0 Å². The van der Waals surface area contributed by atoms with Crippen LogP contribution in [0.5, 0.6) is 5.75 Å². The lowest BCUT2D eigenvalue weighted by molar-refractivity contribution is 0.299. The molecule has 1 aromatic carbocycles. The molecule has 2 N–H and O–H groups in total. The van der Waals surface area contributed by atoms with Gasteiger partial charge in [-0.05, 0) is 55.7 Å². The Balaban J connectivity index is 1.61. The molecule has 0 radical (unpaired) electrons. The number of nitrogens with two attached hydrogens (primary N) is 1. The molecule has 0 aromatic heterocycles. The van der Waals surface area contributed by atoms with Gasteiger partial charge in [0.25, 0.3) is 0 Å². The molecule has 0 bridgehead atoms. The molecule has 2 nitrogen and oxygen atoms in total. The van der Waals surface area contributed by atoms with E-state index < -0.39 is 0 Å². The van der Waals surface area contributed by atoms with Crippen LogP contribution >= 0.6 is 0 Å². The fourth-order valence-electron chi connectivity index (χ4n) is 1.99. The Morgan fingerprint density at radius 2 is 2.12 bits per heavy atom. The first-order chi connectivity index (χ1) is 7.73. The first kappa shape index (κ1) is 10.2. The summed E-state index contributed by atoms with van der Waals surface area (Å²) in [6.07, 6.45) is 6.01. The summed E-state index contributed by atoms with van der Waals surface area (Å²) in [6.45, 7) is 0.886. The maximum atomic E-state index is 6.12. The van der Waals surface area contributed by atoms with E-state index in [9.17, 15) is 0 Å². The Kier molecular flexibility index (Phi) is 2.40. The number of ether oxygens (including phenoxy) is 1. The predicted molar refractivity (Wildman–Crippen MR) is 64.5 cm³/mol. The van der Waals surface area contributed by atoms with Gasteiger partial charge in [0, 0.05) is 5.54 Å². The highest BCUT2D eigenvalue weighted by Crippen LogP contribution is 2.36. The lowest BCUT2D eigenvalue weighted by Gasteiger charge is -2.10. The molecule has 2 saturated carbocycles. The van der Waals surface area contributed by atoms with Crippen LogP contribution in [0, 0.1) is 5.92 Å². The highest BCUT2D eigenvalue weighted by atomic mass is 16.5. The second kappa shape index (κ2) is 3.77. The maximum absolute atomic E-state index is 6.12. The second-order valence-corrected chi connectivity index (χ2v) is 5.44. The Bertz CT molecular complexity index is 380. The summed E-state index contributed by atoms with van der Waals surface area (Å²) in [4.78, 5) is 0. The molecule has 0 saturated heterocycles. The van der Waals surface area contributed by atoms with E-state index in [-0.39, 0.29) is 5.54 Å². The number of hydrogen-bond donors (Lipinski definition) is 1. The van der Waals surface area contributed by atoms with Gasteiger partial charge in [0.2, 0.25) is 0 Å². The fourth-order valence-corrected chi connectivity index (χ4v) is 1.99. The smallest absolute Gasteiger partial charge is 0.119 e. The molecule has 0 aliphatic heterocycles. The van der Waals surface area contributed by atoms with E-state index in [2.05, 4.69) is 18.2 Å². The highest BCUT2D eigenvalue weighted by molar-refractivity contribution is 5.30. The Labute approximate surface area is 96.8 Å². The predicted octanol–water partition coefficient (Wildman–Crippen LogP) is 2.51. The third kappa shape index (κ3) is 2.56. The SMILES string of the molecule is NC1(Cc2cccc(OCC3CC3)c2)CC1. The third-order valence-electron chi connectivity index (χ3n) is 3.53. The van der Waals surface area contributed by atoms with Gasteiger partial charge in [-0.3, -0.25) is 0 Å². The highest BCUT2D eigenvalue weighted by Gasteiger charge is 2.37. The van der Waals surface area contributed by atoms with Crippen LogP contribution in [0.1, 0.15) is 31.2 Å². The van der Waals surface area contributed by atoms with E-state index in [1.54, 1.807) is 0 Å². The van der Waals surface area contributed by atoms with Crippen LogP contribution in [0.15, 0.2) is 24.3 Å². The van der Waals surface area contributed by atoms with Crippen molar-refractivity contribution in [2.24, 2.45) is 11.7 Å². The number of hydrogen-bond acceptors (Lipinski definition) is 2. The topological polar surface area (TPSA) is 35.2 Å². The molecule has 0 amide bonds. The van der Waals surface area contributed by atoms with E-state index >= 15 is 0 Å². The van der Waals surface area contributed by atoms with Gasteiger partial charge in [-0.2, -0.15) is 0 Å². The molecule has 0 heterocycles. The Hall–Kier alpha value is -1.02. The van der Waals surface area contributed by atoms with E-state index in [0.29, 0.717) is 0 Å². The number of rotatable bonds is 5. The van der Waals surface area contributed by atoms with Gasteiger partial charge in [0.15, 0.2) is 0 Å². The van der Waals surface area contributed by atoms with Crippen molar-refractivity contribution in [3.63, 3.8) is 0 Å². The van der Waals surface area contributed by atoms with Crippen LogP contribution in [0.4, 0.5) is 0 Å². The van der Waals surface area contributed by atoms with E-state index in [1.807, 2.05) is 6.07 Å². The summed E-state index contributed by atoms with van der Waals surface area (Å²) in [5.74, 6) is 1.82. The molecule has 0 spiro atoms. The van der Waals surface area contributed by atoms with Crippen molar-refractivity contribution in [3.8, 4) is 5.75 Å². The molecule has 2 fully saturated rings. The van der Waals surface area contributed by atoms with Crippen molar-refractivity contribution >= 4 is 0 Å². The van der Waals surface area contributed by atoms with Gasteiger partial charge in [-0.15, -0.1) is 0 Å². The summed E-state index contributed by atoms with van der Waals surface area (Å²) in [6, 6.07) is 8.41. The molecule has 86 valence electrons. The summed E-state index contributed by atoms with van der Waals surface area (Å²) in [5, 5.41) is 0. The van der Waals surface area contributed by atoms with Gasteiger partial charge < -0.3 is 10.5 Å². The quantitative estimate of drug-likeness (QED) is 0.822. The van der Waals surface area contributed by atoms with Gasteiger partial charge in [0.05, 0.1) is 6.61 Å². The molecule has 2 heteroatoms. The average Bonchev–Trinajstić information content (AvgIpc) is 3.15. The molecule has 1 aromatic rings. The van der Waals surface area contributed by atoms with Gasteiger partial charge in [-0.1, -0.05) is 12.1 Å². The lowest BCUT2D eigenvalue weighted by Crippen LogP contribution is -2.24. The second-order valence-electron chi connectivity index (χ2n) is 5.44. The first-order valence-corrected chi connectivity index (χ1v) is 6.24. The van der Waals surface area contributed by atoms with Crippen molar-refractivity contribution in [2.45, 2.75) is 37.6 Å². The zero-order valence-corrected chi connectivity index (χ0v) is 9.61. The molecule has 16 heavy (non-hydrogen) atoms. The van der Waals surface area contributed by atoms with Crippen LogP contribution in [0.2, 0.25) is 0 Å². The summed E-state index contributed by atoms with van der Waals surface area (Å²) >= 11 is 0. The van der Waals surface area contributed by atoms with Crippen molar-refractivity contribution in [1.82, 2.24) is 0 Å². The maximum Gasteiger partial charge on any atom is 0.119 e. The van der Waals surface area contributed by atoms with Crippen LogP contribution in [-0.2, 0) is 6.42 Å². The molecule has 2 aliphatic rings. The minimum absolute atomic E-state index is 0.0924. The third-order valence-corrected chi connectivity index (χ3v) is 3.53.